The van der Waals surface area contributed by atoms with Crippen LogP contribution in [0.1, 0.15) is 62.5 Å². The van der Waals surface area contributed by atoms with E-state index in [1.165, 1.54) is 19.3 Å². The van der Waals surface area contributed by atoms with Crippen LogP contribution < -0.4 is 5.32 Å². The van der Waals surface area contributed by atoms with Crippen LogP contribution in [0.25, 0.3) is 0 Å². The lowest BCUT2D eigenvalue weighted by atomic mass is 9.91. The molecule has 0 radical (unpaired) electrons. The minimum Gasteiger partial charge on any atom is -0.368 e. The number of aryl methyl sites for hydroxylation is 1. The predicted octanol–water partition coefficient (Wildman–Crippen LogP) is 6.79. The fourth-order valence-electron chi connectivity index (χ4n) is 3.74. The Hall–Kier alpha value is -2.75. The van der Waals surface area contributed by atoms with Crippen LogP contribution in [-0.4, -0.2) is 18.5 Å². The zero-order valence-corrected chi connectivity index (χ0v) is 18.3. The first-order valence-corrected chi connectivity index (χ1v) is 10.8. The van der Waals surface area contributed by atoms with E-state index in [1.54, 1.807) is 25.4 Å². The van der Waals surface area contributed by atoms with Crippen molar-refractivity contribution in [1.82, 2.24) is 5.32 Å². The second-order valence-electron chi connectivity index (χ2n) is 7.65. The number of nitrogens with one attached hydrogen (secondary N) is 1. The summed E-state index contributed by atoms with van der Waals surface area (Å²) in [5.74, 6) is -0.0262. The molecular formula is C26H34FN3. The third-order valence-electron chi connectivity index (χ3n) is 5.44. The molecule has 0 heterocycles. The van der Waals surface area contributed by atoms with Gasteiger partial charge in [0, 0.05) is 18.3 Å². The van der Waals surface area contributed by atoms with Crippen LogP contribution in [0.3, 0.4) is 0 Å². The Labute approximate surface area is 180 Å². The minimum absolute atomic E-state index is 0.148. The fourth-order valence-corrected chi connectivity index (χ4v) is 3.74. The van der Waals surface area contributed by atoms with E-state index in [4.69, 9.17) is 4.99 Å². The topological polar surface area (TPSA) is 36.8 Å². The largest absolute Gasteiger partial charge is 0.368 e. The number of aliphatic imine (C=N–C) groups is 2. The van der Waals surface area contributed by atoms with Gasteiger partial charge < -0.3 is 5.32 Å². The molecule has 1 aliphatic carbocycles. The van der Waals surface area contributed by atoms with Crippen molar-refractivity contribution in [3.8, 4) is 0 Å². The summed E-state index contributed by atoms with van der Waals surface area (Å²) in [6, 6.07) is 5.69. The van der Waals surface area contributed by atoms with Gasteiger partial charge in [-0.1, -0.05) is 51.0 Å². The summed E-state index contributed by atoms with van der Waals surface area (Å²) in [6.45, 7) is 11.2. The van der Waals surface area contributed by atoms with Gasteiger partial charge in [0.05, 0.1) is 11.8 Å². The molecule has 1 N–H and O–H groups in total. The van der Waals surface area contributed by atoms with Gasteiger partial charge in [0.15, 0.2) is 0 Å². The Morgan fingerprint density at radius 2 is 2.03 bits per heavy atom. The van der Waals surface area contributed by atoms with Crippen LogP contribution in [0.15, 0.2) is 77.2 Å². The molecule has 0 aromatic heterocycles. The van der Waals surface area contributed by atoms with Gasteiger partial charge in [0.1, 0.15) is 5.82 Å². The standard InChI is InChI=1S/C26H34FN3/c1-5-21(22-12-13-25(27)20(3)18-22)19-23(14-17-29-6-2)26(15-16-28-4)30-24-10-8-7-9-11-24/h6,12-19,21,24,29H,2,4-5,7-11H2,1,3H3/b16-15-,17-14-,23-19+,30-26-. The Morgan fingerprint density at radius 3 is 2.67 bits per heavy atom. The highest BCUT2D eigenvalue weighted by atomic mass is 19.1. The molecule has 0 amide bonds. The summed E-state index contributed by atoms with van der Waals surface area (Å²) < 4.78 is 13.8. The minimum atomic E-state index is -0.174. The smallest absolute Gasteiger partial charge is 0.126 e. The zero-order valence-electron chi connectivity index (χ0n) is 18.3. The molecule has 0 aliphatic heterocycles. The summed E-state index contributed by atoms with van der Waals surface area (Å²) in [5, 5.41) is 3.02. The van der Waals surface area contributed by atoms with Gasteiger partial charge >= 0.3 is 0 Å². The third-order valence-corrected chi connectivity index (χ3v) is 5.44. The Bertz CT molecular complexity index is 827. The van der Waals surface area contributed by atoms with Gasteiger partial charge in [-0.05, 0) is 74.0 Å². The van der Waals surface area contributed by atoms with Gasteiger partial charge in [-0.15, -0.1) is 0 Å². The third kappa shape index (κ3) is 7.25. The van der Waals surface area contributed by atoms with E-state index in [1.807, 2.05) is 30.5 Å². The van der Waals surface area contributed by atoms with Crippen molar-refractivity contribution >= 4 is 12.4 Å². The summed E-state index contributed by atoms with van der Waals surface area (Å²) in [7, 11) is 0. The molecule has 2 rings (SSSR count). The molecule has 30 heavy (non-hydrogen) atoms. The van der Waals surface area contributed by atoms with Crippen molar-refractivity contribution in [1.29, 1.82) is 0 Å². The summed E-state index contributed by atoms with van der Waals surface area (Å²) in [4.78, 5) is 8.96. The molecule has 3 nitrogen and oxygen atoms in total. The van der Waals surface area contributed by atoms with Gasteiger partial charge in [0.2, 0.25) is 0 Å². The fraction of sp³-hybridized carbons (Fsp3) is 0.385. The first-order valence-electron chi connectivity index (χ1n) is 10.8. The van der Waals surface area contributed by atoms with Crippen LogP contribution >= 0.6 is 0 Å². The first kappa shape index (κ1) is 23.5. The van der Waals surface area contributed by atoms with E-state index < -0.39 is 0 Å². The van der Waals surface area contributed by atoms with Crippen LogP contribution in [0.5, 0.6) is 0 Å². The van der Waals surface area contributed by atoms with E-state index in [0.717, 1.165) is 36.1 Å². The Balaban J connectivity index is 2.48. The predicted molar refractivity (Wildman–Crippen MR) is 128 cm³/mol. The molecule has 160 valence electrons. The Morgan fingerprint density at radius 1 is 1.27 bits per heavy atom. The molecule has 1 aliphatic rings. The second-order valence-corrected chi connectivity index (χ2v) is 7.65. The van der Waals surface area contributed by atoms with Crippen molar-refractivity contribution in [2.45, 2.75) is 64.3 Å². The highest BCUT2D eigenvalue weighted by Crippen LogP contribution is 2.26. The van der Waals surface area contributed by atoms with Crippen molar-refractivity contribution in [2.24, 2.45) is 9.98 Å². The van der Waals surface area contributed by atoms with Crippen molar-refractivity contribution in [2.75, 3.05) is 0 Å². The molecule has 0 saturated heterocycles. The molecule has 1 saturated carbocycles. The molecule has 1 atom stereocenters. The van der Waals surface area contributed by atoms with E-state index >= 15 is 0 Å². The maximum Gasteiger partial charge on any atom is 0.126 e. The maximum atomic E-state index is 13.8. The molecule has 1 fully saturated rings. The highest BCUT2D eigenvalue weighted by Gasteiger charge is 2.15. The monoisotopic (exact) mass is 407 g/mol. The molecule has 1 aromatic carbocycles. The number of halogens is 1. The van der Waals surface area contributed by atoms with Gasteiger partial charge in [-0.3, -0.25) is 9.98 Å². The molecule has 0 spiro atoms. The molecular weight excluding hydrogens is 373 g/mol. The van der Waals surface area contributed by atoms with Crippen LogP contribution in [0.2, 0.25) is 0 Å². The lowest BCUT2D eigenvalue weighted by Gasteiger charge is -2.20. The molecule has 1 unspecified atom stereocenters. The number of rotatable bonds is 10. The number of hydrogen-bond donors (Lipinski definition) is 1. The SMILES string of the molecule is C=CN\C=C/C(=C\C(CC)c1ccc(F)c(C)c1)C(/C=C\N=C)=N\C1CCCCC1. The average Bonchev–Trinajstić information content (AvgIpc) is 2.76. The lowest BCUT2D eigenvalue weighted by molar-refractivity contribution is 0.444. The van der Waals surface area contributed by atoms with Crippen molar-refractivity contribution in [3.05, 3.63) is 84.1 Å². The van der Waals surface area contributed by atoms with Crippen LogP contribution in [-0.2, 0) is 0 Å². The molecule has 0 bridgehead atoms. The quantitative estimate of drug-likeness (QED) is 0.336. The summed E-state index contributed by atoms with van der Waals surface area (Å²) >= 11 is 0. The normalized spacial score (nSPS) is 17.4. The number of hydrogen-bond acceptors (Lipinski definition) is 3. The lowest BCUT2D eigenvalue weighted by Crippen LogP contribution is -2.13. The number of benzene rings is 1. The van der Waals surface area contributed by atoms with Gasteiger partial charge in [-0.25, -0.2) is 4.39 Å². The van der Waals surface area contributed by atoms with Gasteiger partial charge in [0.25, 0.3) is 0 Å². The van der Waals surface area contributed by atoms with Crippen molar-refractivity contribution in [3.63, 3.8) is 0 Å². The Kier molecular flexibility index (Phi) is 9.99. The van der Waals surface area contributed by atoms with Crippen molar-refractivity contribution < 1.29 is 4.39 Å². The van der Waals surface area contributed by atoms with E-state index in [9.17, 15) is 4.39 Å². The molecule has 4 heteroatoms. The van der Waals surface area contributed by atoms with E-state index in [-0.39, 0.29) is 11.7 Å². The van der Waals surface area contributed by atoms with Crippen LogP contribution in [0, 0.1) is 12.7 Å². The van der Waals surface area contributed by atoms with Gasteiger partial charge in [-0.2, -0.15) is 0 Å². The maximum absolute atomic E-state index is 13.8. The first-order chi connectivity index (χ1) is 14.6. The summed E-state index contributed by atoms with van der Waals surface area (Å²) in [6.07, 6.45) is 18.2. The molecule has 1 aromatic rings. The highest BCUT2D eigenvalue weighted by molar-refractivity contribution is 6.10. The second kappa shape index (κ2) is 12.7. The average molecular weight is 408 g/mol. The van der Waals surface area contributed by atoms with E-state index in [0.29, 0.717) is 11.6 Å². The van der Waals surface area contributed by atoms with Crippen LogP contribution in [0.4, 0.5) is 4.39 Å². The zero-order chi connectivity index (χ0) is 21.8. The van der Waals surface area contributed by atoms with E-state index in [2.05, 4.69) is 36.6 Å². The number of nitrogens with zero attached hydrogens (tertiary/aromatic N) is 2. The summed E-state index contributed by atoms with van der Waals surface area (Å²) in [5.41, 5.74) is 3.66. The number of allylic oxidation sites excluding steroid dienone is 4.